The Labute approximate surface area is 176 Å². The molecule has 1 heterocycles. The summed E-state index contributed by atoms with van der Waals surface area (Å²) in [5.74, 6) is 0.273. The normalized spacial score (nSPS) is 14.0. The van der Waals surface area contributed by atoms with Crippen molar-refractivity contribution in [3.8, 4) is 0 Å². The first kappa shape index (κ1) is 21.4. The van der Waals surface area contributed by atoms with E-state index >= 15 is 0 Å². The monoisotopic (exact) mass is 409 g/mol. The van der Waals surface area contributed by atoms with Crippen LogP contribution in [0, 0.1) is 0 Å². The van der Waals surface area contributed by atoms with Gasteiger partial charge < -0.3 is 9.47 Å². The Morgan fingerprint density at radius 3 is 1.80 bits per heavy atom. The number of nitrogens with zero attached hydrogens (tertiary/aromatic N) is 3. The number of rotatable bonds is 1. The highest BCUT2D eigenvalue weighted by Crippen LogP contribution is 2.37. The van der Waals surface area contributed by atoms with Crippen LogP contribution in [0.1, 0.15) is 47.1 Å². The molecular formula is C23H27N3O4. The standard InChI is InChI=1S/C23H27N3O4/c1-22(2,3)29-20(27)25-18-15-11-10-14-17(18)24-19(16-12-8-7-9-13-16)26(25)21(28)30-23(4,5)6/h7-15H,1-6H3. The number of carbonyl (C=O) groups excluding carboxylic acids is 2. The van der Waals surface area contributed by atoms with Crippen LogP contribution in [0.25, 0.3) is 0 Å². The fourth-order valence-electron chi connectivity index (χ4n) is 2.83. The molecule has 2 aromatic carbocycles. The van der Waals surface area contributed by atoms with Crippen molar-refractivity contribution in [1.82, 2.24) is 5.01 Å². The van der Waals surface area contributed by atoms with E-state index in [2.05, 4.69) is 4.99 Å². The molecule has 0 spiro atoms. The average molecular weight is 409 g/mol. The number of amides is 2. The van der Waals surface area contributed by atoms with Gasteiger partial charge >= 0.3 is 12.2 Å². The zero-order valence-corrected chi connectivity index (χ0v) is 18.2. The van der Waals surface area contributed by atoms with Gasteiger partial charge in [-0.05, 0) is 53.7 Å². The maximum Gasteiger partial charge on any atom is 0.436 e. The van der Waals surface area contributed by atoms with Gasteiger partial charge in [0.2, 0.25) is 0 Å². The largest absolute Gasteiger partial charge is 0.442 e. The summed E-state index contributed by atoms with van der Waals surface area (Å²) >= 11 is 0. The minimum atomic E-state index is -0.768. The maximum absolute atomic E-state index is 13.3. The van der Waals surface area contributed by atoms with Crippen LogP contribution in [0.15, 0.2) is 59.6 Å². The van der Waals surface area contributed by atoms with Gasteiger partial charge in [0.15, 0.2) is 5.84 Å². The number of fused-ring (bicyclic) bond motifs is 1. The number of carbonyl (C=O) groups is 2. The summed E-state index contributed by atoms with van der Waals surface area (Å²) < 4.78 is 11.2. The van der Waals surface area contributed by atoms with Crippen molar-refractivity contribution >= 4 is 29.4 Å². The molecule has 30 heavy (non-hydrogen) atoms. The van der Waals surface area contributed by atoms with Gasteiger partial charge in [-0.25, -0.2) is 14.6 Å². The van der Waals surface area contributed by atoms with Gasteiger partial charge in [0.25, 0.3) is 0 Å². The predicted octanol–water partition coefficient (Wildman–Crippen LogP) is 5.67. The third kappa shape index (κ3) is 4.79. The third-order valence-electron chi connectivity index (χ3n) is 3.90. The first-order valence-electron chi connectivity index (χ1n) is 9.75. The quantitative estimate of drug-likeness (QED) is 0.608. The molecule has 0 bridgehead atoms. The first-order valence-corrected chi connectivity index (χ1v) is 9.75. The van der Waals surface area contributed by atoms with E-state index < -0.39 is 23.4 Å². The topological polar surface area (TPSA) is 71.4 Å². The average Bonchev–Trinajstić information content (AvgIpc) is 2.64. The Hall–Kier alpha value is -3.35. The summed E-state index contributed by atoms with van der Waals surface area (Å²) in [4.78, 5) is 31.2. The van der Waals surface area contributed by atoms with Crippen molar-refractivity contribution in [2.75, 3.05) is 5.01 Å². The van der Waals surface area contributed by atoms with Crippen molar-refractivity contribution in [2.45, 2.75) is 52.7 Å². The Morgan fingerprint density at radius 2 is 1.23 bits per heavy atom. The van der Waals surface area contributed by atoms with Crippen molar-refractivity contribution in [3.63, 3.8) is 0 Å². The molecule has 0 unspecified atom stereocenters. The minimum absolute atomic E-state index is 0.273. The predicted molar refractivity (Wildman–Crippen MR) is 116 cm³/mol. The molecule has 0 atom stereocenters. The molecule has 0 fully saturated rings. The highest BCUT2D eigenvalue weighted by atomic mass is 16.6. The van der Waals surface area contributed by atoms with Crippen LogP contribution < -0.4 is 5.01 Å². The zero-order chi connectivity index (χ0) is 22.1. The smallest absolute Gasteiger partial charge is 0.436 e. The van der Waals surface area contributed by atoms with E-state index in [4.69, 9.17) is 9.47 Å². The SMILES string of the molecule is CC(C)(C)OC(=O)N1C(c2ccccc2)=Nc2ccccc2N1C(=O)OC(C)(C)C. The molecule has 0 aromatic heterocycles. The summed E-state index contributed by atoms with van der Waals surface area (Å²) in [6.07, 6.45) is -1.44. The molecule has 3 rings (SSSR count). The summed E-state index contributed by atoms with van der Waals surface area (Å²) in [7, 11) is 0. The van der Waals surface area contributed by atoms with Gasteiger partial charge in [-0.2, -0.15) is 10.0 Å². The molecule has 158 valence electrons. The van der Waals surface area contributed by atoms with Crippen LogP contribution in [0.2, 0.25) is 0 Å². The molecule has 2 aromatic rings. The van der Waals surface area contributed by atoms with Crippen molar-refractivity contribution in [2.24, 2.45) is 4.99 Å². The van der Waals surface area contributed by atoms with E-state index in [9.17, 15) is 9.59 Å². The van der Waals surface area contributed by atoms with Crippen LogP contribution in [0.4, 0.5) is 21.0 Å². The Morgan fingerprint density at radius 1 is 0.733 bits per heavy atom. The van der Waals surface area contributed by atoms with Gasteiger partial charge in [0.1, 0.15) is 11.2 Å². The van der Waals surface area contributed by atoms with Gasteiger partial charge in [-0.1, -0.05) is 42.5 Å². The molecule has 7 heteroatoms. The molecule has 0 aliphatic carbocycles. The second-order valence-corrected chi connectivity index (χ2v) is 8.87. The minimum Gasteiger partial charge on any atom is -0.442 e. The lowest BCUT2D eigenvalue weighted by Gasteiger charge is -2.39. The number of benzene rings is 2. The van der Waals surface area contributed by atoms with E-state index in [-0.39, 0.29) is 5.84 Å². The lowest BCUT2D eigenvalue weighted by molar-refractivity contribution is 0.0256. The lowest BCUT2D eigenvalue weighted by Crippen LogP contribution is -2.57. The Balaban J connectivity index is 2.19. The number of hydrazine groups is 1. The van der Waals surface area contributed by atoms with Gasteiger partial charge in [0.05, 0.1) is 11.4 Å². The molecule has 2 amide bonds. The summed E-state index contributed by atoms with van der Waals surface area (Å²) in [5, 5.41) is 2.32. The lowest BCUT2D eigenvalue weighted by atomic mass is 10.1. The van der Waals surface area contributed by atoms with E-state index in [0.717, 1.165) is 5.01 Å². The summed E-state index contributed by atoms with van der Waals surface area (Å²) in [6, 6.07) is 16.3. The molecule has 1 aliphatic heterocycles. The number of hydrogen-bond donors (Lipinski definition) is 0. The second-order valence-electron chi connectivity index (χ2n) is 8.87. The molecule has 1 aliphatic rings. The van der Waals surface area contributed by atoms with E-state index in [1.54, 1.807) is 59.7 Å². The van der Waals surface area contributed by atoms with E-state index in [1.165, 1.54) is 5.01 Å². The highest BCUT2D eigenvalue weighted by Gasteiger charge is 2.41. The van der Waals surface area contributed by atoms with E-state index in [1.807, 2.05) is 36.4 Å². The van der Waals surface area contributed by atoms with Crippen LogP contribution in [0.5, 0.6) is 0 Å². The Kier molecular flexibility index (Phi) is 5.57. The van der Waals surface area contributed by atoms with E-state index in [0.29, 0.717) is 16.9 Å². The first-order chi connectivity index (χ1) is 14.0. The van der Waals surface area contributed by atoms with Gasteiger partial charge in [-0.15, -0.1) is 0 Å². The van der Waals surface area contributed by atoms with Crippen molar-refractivity contribution < 1.29 is 19.1 Å². The van der Waals surface area contributed by atoms with Crippen LogP contribution in [-0.2, 0) is 9.47 Å². The summed E-state index contributed by atoms with van der Waals surface area (Å²) in [6.45, 7) is 10.6. The van der Waals surface area contributed by atoms with Crippen molar-refractivity contribution in [1.29, 1.82) is 0 Å². The molecule has 0 N–H and O–H groups in total. The van der Waals surface area contributed by atoms with Crippen LogP contribution in [-0.4, -0.2) is 34.2 Å². The highest BCUT2D eigenvalue weighted by molar-refractivity contribution is 6.14. The molecule has 0 saturated carbocycles. The Bertz CT molecular complexity index is 972. The zero-order valence-electron chi connectivity index (χ0n) is 18.2. The number of para-hydroxylation sites is 2. The van der Waals surface area contributed by atoms with Crippen molar-refractivity contribution in [3.05, 3.63) is 60.2 Å². The fourth-order valence-corrected chi connectivity index (χ4v) is 2.83. The van der Waals surface area contributed by atoms with Gasteiger partial charge in [-0.3, -0.25) is 0 Å². The molecule has 0 saturated heterocycles. The fraction of sp³-hybridized carbons (Fsp3) is 0.348. The number of amidine groups is 1. The molecule has 0 radical (unpaired) electrons. The number of aliphatic imine (C=N–C) groups is 1. The van der Waals surface area contributed by atoms with Gasteiger partial charge in [0, 0.05) is 5.56 Å². The van der Waals surface area contributed by atoms with Crippen LogP contribution >= 0.6 is 0 Å². The number of hydrogen-bond acceptors (Lipinski definition) is 5. The number of ether oxygens (including phenoxy) is 2. The third-order valence-corrected chi connectivity index (χ3v) is 3.90. The van der Waals surface area contributed by atoms with Crippen LogP contribution in [0.3, 0.4) is 0 Å². The summed E-state index contributed by atoms with van der Waals surface area (Å²) in [5.41, 5.74) is 0.105. The second kappa shape index (κ2) is 7.82. The number of anilines is 1. The maximum atomic E-state index is 13.3. The molecule has 7 nitrogen and oxygen atoms in total. The molecular weight excluding hydrogens is 382 g/mol.